The van der Waals surface area contributed by atoms with Crippen molar-refractivity contribution in [1.82, 2.24) is 0 Å². The number of anilines is 12. The topological polar surface area (TPSA) is 44.6 Å². The summed E-state index contributed by atoms with van der Waals surface area (Å²) >= 11 is 0. The molecule has 3 heterocycles. The van der Waals surface area contributed by atoms with Crippen molar-refractivity contribution in [2.45, 2.75) is 19.6 Å². The number of hydrogen-bond donors (Lipinski definition) is 0. The number of ether oxygens (including phenoxy) is 2. The Labute approximate surface area is 726 Å². The van der Waals surface area contributed by atoms with Crippen LogP contribution in [0.2, 0.25) is 19.6 Å². The van der Waals surface area contributed by atoms with Gasteiger partial charge in [0, 0.05) is 113 Å². The second kappa shape index (κ2) is 30.6. The molecule has 0 bridgehead atoms. The first kappa shape index (κ1) is 74.1. The highest BCUT2D eigenvalue weighted by Gasteiger charge is 2.30. The summed E-state index contributed by atoms with van der Waals surface area (Å²) in [6.45, 7) is 7.20. The Bertz CT molecular complexity index is 7850. The zero-order valence-electron chi connectivity index (χ0n) is 69.2. The first-order chi connectivity index (χ1) is 61.6. The molecule has 0 saturated carbocycles. The van der Waals surface area contributed by atoms with Crippen LogP contribution in [0.15, 0.2) is 447 Å². The number of para-hydroxylation sites is 7. The summed E-state index contributed by atoms with van der Waals surface area (Å²) in [5, 5.41) is 18.1. The standard InChI is InChI=1S/C60H38N2O2.C57H44N2OSi/c1-4-15-40(16-5-1)61(41-17-6-2-7-18-41)43-29-27-39(28-30-43)51-37-53-50-24-14-26-58-60(50)55(38-52(53)47-22-11-10-21-46(47)51)49-33-31-45(36-59(49)64-58)62(42-19-8-3-9-20-42)44-32-34-57-54(35-44)48-23-12-13-25-56(48)63-57;1-61(2,3)46-33-30-44(31-34-46)58(40-16-7-4-8-17-40)43-28-26-39(27-29-43)51-37-53-50-24-15-25-55-57(50)54(38-52(53)48-23-14-13-22-47(48)51)49-35-32-45(36-56(49)60-55)59(41-18-9-5-10-19-41)42-20-11-6-12-21-42/h1-38H;4-38H,1-3H3. The molecular weight excluding hydrogens is 1540 g/mol. The van der Waals surface area contributed by atoms with Crippen LogP contribution in [0, 0.1) is 0 Å². The normalized spacial score (nSPS) is 11.9. The van der Waals surface area contributed by atoms with Gasteiger partial charge < -0.3 is 33.5 Å². The molecule has 0 amide bonds. The van der Waals surface area contributed by atoms with Crippen LogP contribution in [-0.4, -0.2) is 8.07 Å². The number of furan rings is 1. The Kier molecular flexibility index (Phi) is 18.1. The van der Waals surface area contributed by atoms with Crippen LogP contribution in [0.4, 0.5) is 68.2 Å². The zero-order valence-corrected chi connectivity index (χ0v) is 70.2. The summed E-state index contributed by atoms with van der Waals surface area (Å²) < 4.78 is 20.0. The molecule has 0 aliphatic carbocycles. The number of hydrogen-bond acceptors (Lipinski definition) is 7. The molecule has 24 rings (SSSR count). The number of rotatable bonds is 15. The third-order valence-corrected chi connectivity index (χ3v) is 27.0. The van der Waals surface area contributed by atoms with E-state index >= 15 is 0 Å². The maximum atomic E-state index is 6.94. The largest absolute Gasteiger partial charge is 0.456 e. The smallest absolute Gasteiger partial charge is 0.137 e. The van der Waals surface area contributed by atoms with Crippen LogP contribution in [-0.2, 0) is 0 Å². The molecule has 2 aliphatic rings. The molecule has 21 aromatic carbocycles. The van der Waals surface area contributed by atoms with Crippen LogP contribution in [0.5, 0.6) is 23.0 Å². The molecule has 8 heteroatoms. The fourth-order valence-electron chi connectivity index (χ4n) is 19.1. The Morgan fingerprint density at radius 1 is 0.176 bits per heavy atom. The van der Waals surface area contributed by atoms with Crippen molar-refractivity contribution in [2.75, 3.05) is 19.6 Å². The Morgan fingerprint density at radius 3 is 0.864 bits per heavy atom. The summed E-state index contributed by atoms with van der Waals surface area (Å²) in [5.74, 6) is 3.42. The van der Waals surface area contributed by atoms with Gasteiger partial charge in [0.15, 0.2) is 0 Å². The van der Waals surface area contributed by atoms with E-state index in [4.69, 9.17) is 13.9 Å². The molecule has 0 fully saturated rings. The van der Waals surface area contributed by atoms with E-state index in [9.17, 15) is 0 Å². The molecule has 592 valence electrons. The van der Waals surface area contributed by atoms with Crippen LogP contribution < -0.4 is 34.3 Å². The molecule has 22 aromatic rings. The van der Waals surface area contributed by atoms with Crippen molar-refractivity contribution < 1.29 is 13.9 Å². The lowest BCUT2D eigenvalue weighted by Crippen LogP contribution is -2.37. The minimum absolute atomic E-state index is 0.827. The average molecular weight is 1620 g/mol. The lowest BCUT2D eigenvalue weighted by molar-refractivity contribution is 0.487. The lowest BCUT2D eigenvalue weighted by atomic mass is 9.86. The van der Waals surface area contributed by atoms with Gasteiger partial charge in [-0.1, -0.05) is 261 Å². The first-order valence-electron chi connectivity index (χ1n) is 42.8. The molecule has 1 aromatic heterocycles. The Morgan fingerprint density at radius 2 is 0.464 bits per heavy atom. The Hall–Kier alpha value is -16.0. The van der Waals surface area contributed by atoms with E-state index in [1.807, 2.05) is 12.1 Å². The van der Waals surface area contributed by atoms with Gasteiger partial charge in [0.05, 0.1) is 8.07 Å². The highest BCUT2D eigenvalue weighted by Crippen LogP contribution is 2.56. The van der Waals surface area contributed by atoms with E-state index in [1.54, 1.807) is 0 Å². The maximum absolute atomic E-state index is 6.94. The minimum Gasteiger partial charge on any atom is -0.456 e. The second-order valence-electron chi connectivity index (χ2n) is 33.4. The van der Waals surface area contributed by atoms with Crippen molar-refractivity contribution in [3.05, 3.63) is 443 Å². The van der Waals surface area contributed by atoms with Gasteiger partial charge in [0.2, 0.25) is 0 Å². The highest BCUT2D eigenvalue weighted by atomic mass is 28.3. The maximum Gasteiger partial charge on any atom is 0.137 e. The van der Waals surface area contributed by atoms with Crippen molar-refractivity contribution in [2.24, 2.45) is 0 Å². The predicted molar refractivity (Wildman–Crippen MR) is 529 cm³/mol. The summed E-state index contributed by atoms with van der Waals surface area (Å²) in [6.07, 6.45) is 0. The summed E-state index contributed by atoms with van der Waals surface area (Å²) in [5.41, 5.74) is 24.1. The van der Waals surface area contributed by atoms with Gasteiger partial charge in [-0.05, 0) is 281 Å². The highest BCUT2D eigenvalue weighted by molar-refractivity contribution is 6.88. The van der Waals surface area contributed by atoms with E-state index in [0.29, 0.717) is 0 Å². The Balaban J connectivity index is 0.000000144. The number of benzene rings is 21. The minimum atomic E-state index is -1.43. The summed E-state index contributed by atoms with van der Waals surface area (Å²) in [6, 6.07) is 159. The molecular formula is C117H82N4O3Si. The van der Waals surface area contributed by atoms with Crippen molar-refractivity contribution >= 4 is 168 Å². The molecule has 125 heavy (non-hydrogen) atoms. The van der Waals surface area contributed by atoms with Crippen molar-refractivity contribution in [3.63, 3.8) is 0 Å². The van der Waals surface area contributed by atoms with Crippen LogP contribution in [0.25, 0.3) is 131 Å². The zero-order chi connectivity index (χ0) is 83.2. The van der Waals surface area contributed by atoms with Gasteiger partial charge in [0.25, 0.3) is 0 Å². The van der Waals surface area contributed by atoms with Crippen LogP contribution in [0.3, 0.4) is 0 Å². The van der Waals surface area contributed by atoms with Crippen molar-refractivity contribution in [3.8, 4) is 67.5 Å². The van der Waals surface area contributed by atoms with Gasteiger partial charge in [0.1, 0.15) is 34.2 Å². The summed E-state index contributed by atoms with van der Waals surface area (Å²) in [7, 11) is -1.43. The van der Waals surface area contributed by atoms with Crippen LogP contribution >= 0.6 is 0 Å². The molecule has 7 nitrogen and oxygen atoms in total. The van der Waals surface area contributed by atoms with Crippen LogP contribution in [0.1, 0.15) is 0 Å². The third kappa shape index (κ3) is 13.1. The fraction of sp³-hybridized carbons (Fsp3) is 0.0256. The fourth-order valence-corrected chi connectivity index (χ4v) is 20.2. The summed E-state index contributed by atoms with van der Waals surface area (Å²) in [4.78, 5) is 9.24. The number of fused-ring (bicyclic) bond motifs is 15. The third-order valence-electron chi connectivity index (χ3n) is 25.0. The van der Waals surface area contributed by atoms with E-state index in [2.05, 4.69) is 470 Å². The monoisotopic (exact) mass is 1620 g/mol. The van der Waals surface area contributed by atoms with E-state index in [1.165, 1.54) is 92.4 Å². The first-order valence-corrected chi connectivity index (χ1v) is 46.3. The van der Waals surface area contributed by atoms with E-state index < -0.39 is 8.07 Å². The van der Waals surface area contributed by atoms with Gasteiger partial charge >= 0.3 is 0 Å². The quantitative estimate of drug-likeness (QED) is 0.0748. The average Bonchev–Trinajstić information content (AvgIpc) is 1.14. The SMILES string of the molecule is C[Si](C)(C)c1ccc(N(c2ccccc2)c2ccc(-c3cc4c5cccc6c5c(cc4c4ccccc34)-c3ccc(N(c4ccccc4)c4ccccc4)cc3O6)cc2)cc1.c1ccc(N(c2ccccc2)c2ccc(-c3cc4c5cccc6c5c(cc4c4ccccc34)-c3ccc(N(c4ccccc4)c4ccc5oc7ccccc7c5c4)cc3O6)cc2)cc1. The molecule has 0 saturated heterocycles. The van der Waals surface area contributed by atoms with Gasteiger partial charge in [-0.3, -0.25) is 0 Å². The molecule has 2 aliphatic heterocycles. The molecule has 0 spiro atoms. The van der Waals surface area contributed by atoms with Gasteiger partial charge in [-0.15, -0.1) is 0 Å². The number of nitrogens with zero attached hydrogens (tertiary/aromatic N) is 4. The van der Waals surface area contributed by atoms with Gasteiger partial charge in [-0.25, -0.2) is 0 Å². The molecule has 0 atom stereocenters. The van der Waals surface area contributed by atoms with E-state index in [0.717, 1.165) is 135 Å². The lowest BCUT2D eigenvalue weighted by Gasteiger charge is -2.28. The predicted octanol–water partition coefficient (Wildman–Crippen LogP) is 33.5. The molecule has 0 N–H and O–H groups in total. The second-order valence-corrected chi connectivity index (χ2v) is 38.5. The van der Waals surface area contributed by atoms with Gasteiger partial charge in [-0.2, -0.15) is 0 Å². The molecule has 0 radical (unpaired) electrons. The van der Waals surface area contributed by atoms with Crippen molar-refractivity contribution in [1.29, 1.82) is 0 Å². The van der Waals surface area contributed by atoms with E-state index in [-0.39, 0.29) is 0 Å². The molecule has 0 unspecified atom stereocenters.